The highest BCUT2D eigenvalue weighted by molar-refractivity contribution is 6.31. The van der Waals surface area contributed by atoms with Gasteiger partial charge in [0.1, 0.15) is 5.82 Å². The van der Waals surface area contributed by atoms with Crippen molar-refractivity contribution in [3.8, 4) is 0 Å². The number of morpholine rings is 1. The SMILES string of the molecule is Nc1ccc(N2CCOCC2)nc1Cl. The van der Waals surface area contributed by atoms with Gasteiger partial charge in [0.05, 0.1) is 18.9 Å². The van der Waals surface area contributed by atoms with E-state index < -0.39 is 0 Å². The van der Waals surface area contributed by atoms with Crippen LogP contribution in [0, 0.1) is 0 Å². The number of halogens is 1. The maximum absolute atomic E-state index is 5.84. The van der Waals surface area contributed by atoms with Crippen LogP contribution in [0.15, 0.2) is 12.1 Å². The van der Waals surface area contributed by atoms with Crippen LogP contribution in [0.5, 0.6) is 0 Å². The number of hydrogen-bond donors (Lipinski definition) is 1. The van der Waals surface area contributed by atoms with Crippen LogP contribution < -0.4 is 10.6 Å². The quantitative estimate of drug-likeness (QED) is 0.712. The predicted molar refractivity (Wildman–Crippen MR) is 56.7 cm³/mol. The number of nitrogens with two attached hydrogens (primary N) is 1. The van der Waals surface area contributed by atoms with Crippen molar-refractivity contribution in [2.45, 2.75) is 0 Å². The average Bonchev–Trinajstić information content (AvgIpc) is 2.23. The van der Waals surface area contributed by atoms with Crippen LogP contribution in [0.1, 0.15) is 0 Å². The molecule has 0 unspecified atom stereocenters. The molecule has 0 aromatic carbocycles. The molecule has 1 saturated heterocycles. The predicted octanol–water partition coefficient (Wildman–Crippen LogP) is 1.15. The highest BCUT2D eigenvalue weighted by Crippen LogP contribution is 2.21. The van der Waals surface area contributed by atoms with Gasteiger partial charge in [-0.05, 0) is 12.1 Å². The number of nitrogens with zero attached hydrogens (tertiary/aromatic N) is 2. The molecule has 1 aromatic rings. The first-order chi connectivity index (χ1) is 6.77. The molecule has 4 nitrogen and oxygen atoms in total. The summed E-state index contributed by atoms with van der Waals surface area (Å²) in [6.07, 6.45) is 0. The first kappa shape index (κ1) is 9.55. The molecule has 2 N–H and O–H groups in total. The van der Waals surface area contributed by atoms with Crippen LogP contribution in [-0.2, 0) is 4.74 Å². The molecule has 5 heteroatoms. The summed E-state index contributed by atoms with van der Waals surface area (Å²) < 4.78 is 5.25. The van der Waals surface area contributed by atoms with Gasteiger partial charge >= 0.3 is 0 Å². The largest absolute Gasteiger partial charge is 0.396 e. The first-order valence-electron chi connectivity index (χ1n) is 4.52. The van der Waals surface area contributed by atoms with E-state index in [1.54, 1.807) is 6.07 Å². The van der Waals surface area contributed by atoms with Crippen molar-refractivity contribution in [1.82, 2.24) is 4.98 Å². The lowest BCUT2D eigenvalue weighted by Gasteiger charge is -2.27. The van der Waals surface area contributed by atoms with Crippen molar-refractivity contribution in [1.29, 1.82) is 0 Å². The van der Waals surface area contributed by atoms with Crippen LogP contribution in [0.25, 0.3) is 0 Å². The molecule has 1 aromatic heterocycles. The maximum Gasteiger partial charge on any atom is 0.154 e. The molecule has 0 radical (unpaired) electrons. The molecule has 76 valence electrons. The Kier molecular flexibility index (Phi) is 2.74. The molecule has 0 atom stereocenters. The molecule has 14 heavy (non-hydrogen) atoms. The maximum atomic E-state index is 5.84. The van der Waals surface area contributed by atoms with Crippen LogP contribution in [0.3, 0.4) is 0 Å². The number of anilines is 2. The van der Waals surface area contributed by atoms with E-state index in [1.165, 1.54) is 0 Å². The van der Waals surface area contributed by atoms with E-state index in [4.69, 9.17) is 22.1 Å². The summed E-state index contributed by atoms with van der Waals surface area (Å²) in [4.78, 5) is 6.34. The van der Waals surface area contributed by atoms with Crippen LogP contribution in [0.4, 0.5) is 11.5 Å². The van der Waals surface area contributed by atoms with E-state index >= 15 is 0 Å². The smallest absolute Gasteiger partial charge is 0.154 e. The Hall–Kier alpha value is -1.00. The molecule has 0 saturated carbocycles. The third-order valence-corrected chi connectivity index (χ3v) is 2.50. The first-order valence-corrected chi connectivity index (χ1v) is 4.90. The molecular formula is C9H12ClN3O. The number of hydrogen-bond acceptors (Lipinski definition) is 4. The monoisotopic (exact) mass is 213 g/mol. The molecular weight excluding hydrogens is 202 g/mol. The zero-order chi connectivity index (χ0) is 9.97. The van der Waals surface area contributed by atoms with Crippen LogP contribution in [-0.4, -0.2) is 31.3 Å². The Morgan fingerprint density at radius 3 is 2.71 bits per heavy atom. The van der Waals surface area contributed by atoms with E-state index in [0.29, 0.717) is 10.8 Å². The third kappa shape index (κ3) is 1.91. The summed E-state index contributed by atoms with van der Waals surface area (Å²) in [7, 11) is 0. The average molecular weight is 214 g/mol. The molecule has 1 fully saturated rings. The molecule has 2 heterocycles. The molecule has 0 spiro atoms. The molecule has 1 aliphatic heterocycles. The molecule has 0 amide bonds. The standard InChI is InChI=1S/C9H12ClN3O/c10-9-7(11)1-2-8(12-9)13-3-5-14-6-4-13/h1-2H,3-6,11H2. The second-order valence-electron chi connectivity index (χ2n) is 3.15. The fraction of sp³-hybridized carbons (Fsp3) is 0.444. The summed E-state index contributed by atoms with van der Waals surface area (Å²) in [5.74, 6) is 0.868. The van der Waals surface area contributed by atoms with Gasteiger partial charge in [0, 0.05) is 13.1 Å². The van der Waals surface area contributed by atoms with Gasteiger partial charge in [-0.2, -0.15) is 0 Å². The van der Waals surface area contributed by atoms with E-state index in [0.717, 1.165) is 32.1 Å². The van der Waals surface area contributed by atoms with Gasteiger partial charge in [-0.15, -0.1) is 0 Å². The number of pyridine rings is 1. The summed E-state index contributed by atoms with van der Waals surface area (Å²) in [5.41, 5.74) is 6.10. The van der Waals surface area contributed by atoms with Crippen molar-refractivity contribution in [3.05, 3.63) is 17.3 Å². The summed E-state index contributed by atoms with van der Waals surface area (Å²) >= 11 is 5.84. The van der Waals surface area contributed by atoms with Crippen molar-refractivity contribution in [3.63, 3.8) is 0 Å². The zero-order valence-electron chi connectivity index (χ0n) is 7.74. The molecule has 1 aliphatic rings. The van der Waals surface area contributed by atoms with E-state index in [9.17, 15) is 0 Å². The number of aromatic nitrogens is 1. The van der Waals surface area contributed by atoms with Crippen molar-refractivity contribution in [2.75, 3.05) is 36.9 Å². The Bertz CT molecular complexity index is 326. The molecule has 2 rings (SSSR count). The van der Waals surface area contributed by atoms with Crippen LogP contribution in [0.2, 0.25) is 5.15 Å². The Morgan fingerprint density at radius 2 is 2.07 bits per heavy atom. The van der Waals surface area contributed by atoms with E-state index in [1.807, 2.05) is 6.07 Å². The number of rotatable bonds is 1. The fourth-order valence-electron chi connectivity index (χ4n) is 1.40. The van der Waals surface area contributed by atoms with Gasteiger partial charge in [-0.3, -0.25) is 0 Å². The van der Waals surface area contributed by atoms with Crippen molar-refractivity contribution < 1.29 is 4.74 Å². The summed E-state index contributed by atoms with van der Waals surface area (Å²) in [5, 5.41) is 0.369. The minimum Gasteiger partial charge on any atom is -0.396 e. The highest BCUT2D eigenvalue weighted by atomic mass is 35.5. The van der Waals surface area contributed by atoms with Gasteiger partial charge in [-0.25, -0.2) is 4.98 Å². The second-order valence-corrected chi connectivity index (χ2v) is 3.51. The van der Waals surface area contributed by atoms with E-state index in [2.05, 4.69) is 9.88 Å². The van der Waals surface area contributed by atoms with Gasteiger partial charge in [0.15, 0.2) is 5.15 Å². The fourth-order valence-corrected chi connectivity index (χ4v) is 1.55. The highest BCUT2D eigenvalue weighted by Gasteiger charge is 2.12. The molecule has 0 aliphatic carbocycles. The Labute approximate surface area is 87.6 Å². The van der Waals surface area contributed by atoms with Gasteiger partial charge < -0.3 is 15.4 Å². The lowest BCUT2D eigenvalue weighted by molar-refractivity contribution is 0.122. The minimum absolute atomic E-state index is 0.369. The summed E-state index contributed by atoms with van der Waals surface area (Å²) in [6.45, 7) is 3.19. The number of ether oxygens (including phenoxy) is 1. The van der Waals surface area contributed by atoms with Gasteiger partial charge in [0.25, 0.3) is 0 Å². The minimum atomic E-state index is 0.369. The van der Waals surface area contributed by atoms with Crippen molar-refractivity contribution in [2.24, 2.45) is 0 Å². The Morgan fingerprint density at radius 1 is 1.36 bits per heavy atom. The lowest BCUT2D eigenvalue weighted by atomic mass is 10.3. The Balaban J connectivity index is 2.18. The lowest BCUT2D eigenvalue weighted by Crippen LogP contribution is -2.36. The second kappa shape index (κ2) is 4.02. The normalized spacial score (nSPS) is 17.1. The number of nitrogen functional groups attached to an aromatic ring is 1. The van der Waals surface area contributed by atoms with Crippen molar-refractivity contribution >= 4 is 23.1 Å². The zero-order valence-corrected chi connectivity index (χ0v) is 8.50. The van der Waals surface area contributed by atoms with Crippen LogP contribution >= 0.6 is 11.6 Å². The van der Waals surface area contributed by atoms with Gasteiger partial charge in [0.2, 0.25) is 0 Å². The molecule has 0 bridgehead atoms. The summed E-state index contributed by atoms with van der Waals surface area (Å²) in [6, 6.07) is 3.66. The van der Waals surface area contributed by atoms with E-state index in [-0.39, 0.29) is 0 Å². The topological polar surface area (TPSA) is 51.4 Å². The van der Waals surface area contributed by atoms with Gasteiger partial charge in [-0.1, -0.05) is 11.6 Å². The third-order valence-electron chi connectivity index (χ3n) is 2.20.